The fraction of sp³-hybridized carbons (Fsp3) is 0.348. The van der Waals surface area contributed by atoms with Gasteiger partial charge in [-0.2, -0.15) is 0 Å². The summed E-state index contributed by atoms with van der Waals surface area (Å²) in [6.07, 6.45) is 1.69. The number of nitrogens with zero attached hydrogens (tertiary/aromatic N) is 1. The Morgan fingerprint density at radius 3 is 2.73 bits per heavy atom. The van der Waals surface area contributed by atoms with Crippen LogP contribution in [0.2, 0.25) is 0 Å². The van der Waals surface area contributed by atoms with Crippen molar-refractivity contribution in [1.82, 2.24) is 4.90 Å². The van der Waals surface area contributed by atoms with Crippen molar-refractivity contribution >= 4 is 11.9 Å². The molecule has 2 aromatic rings. The standard InChI is InChI=1S/C23H25NO6/c1-14-21-16(12-24(13-29-21)8-9-26-2)10-17-20(25)19(30-22(14)17)11-15-6-5-7-18(27-3)23(15)28-4/h5-7,10-11H,8-9,12-13H2,1-4H3/b19-11-. The summed E-state index contributed by atoms with van der Waals surface area (Å²) >= 11 is 0. The molecule has 2 aliphatic heterocycles. The summed E-state index contributed by atoms with van der Waals surface area (Å²) in [6.45, 7) is 4.48. The van der Waals surface area contributed by atoms with Crippen LogP contribution in [0.3, 0.4) is 0 Å². The van der Waals surface area contributed by atoms with Gasteiger partial charge in [0.15, 0.2) is 17.3 Å². The number of carbonyl (C=O) groups excluding carboxylic acids is 1. The minimum atomic E-state index is -0.158. The van der Waals surface area contributed by atoms with E-state index in [1.54, 1.807) is 33.5 Å². The van der Waals surface area contributed by atoms with E-state index in [2.05, 4.69) is 4.90 Å². The summed E-state index contributed by atoms with van der Waals surface area (Å²) in [5.41, 5.74) is 3.07. The Balaban J connectivity index is 1.68. The maximum Gasteiger partial charge on any atom is 0.231 e. The van der Waals surface area contributed by atoms with E-state index in [0.717, 1.165) is 23.4 Å². The highest BCUT2D eigenvalue weighted by atomic mass is 16.5. The highest BCUT2D eigenvalue weighted by molar-refractivity contribution is 6.15. The summed E-state index contributed by atoms with van der Waals surface area (Å²) in [5.74, 6) is 2.57. The molecule has 0 unspecified atom stereocenters. The predicted molar refractivity (Wildman–Crippen MR) is 111 cm³/mol. The molecule has 2 aromatic carbocycles. The van der Waals surface area contributed by atoms with Crippen molar-refractivity contribution in [3.8, 4) is 23.0 Å². The number of methoxy groups -OCH3 is 3. The third-order valence-corrected chi connectivity index (χ3v) is 5.33. The van der Waals surface area contributed by atoms with E-state index in [4.69, 9.17) is 23.7 Å². The lowest BCUT2D eigenvalue weighted by molar-refractivity contribution is 0.0649. The minimum Gasteiger partial charge on any atom is -0.493 e. The summed E-state index contributed by atoms with van der Waals surface area (Å²) in [4.78, 5) is 15.2. The number of ether oxygens (including phenoxy) is 5. The molecule has 0 saturated heterocycles. The van der Waals surface area contributed by atoms with Gasteiger partial charge in [-0.15, -0.1) is 0 Å². The summed E-state index contributed by atoms with van der Waals surface area (Å²) in [5, 5.41) is 0. The molecule has 0 fully saturated rings. The Morgan fingerprint density at radius 2 is 2.00 bits per heavy atom. The van der Waals surface area contributed by atoms with E-state index in [1.807, 2.05) is 25.1 Å². The van der Waals surface area contributed by atoms with Crippen molar-refractivity contribution in [2.75, 3.05) is 41.2 Å². The first-order chi connectivity index (χ1) is 14.6. The molecule has 0 aromatic heterocycles. The summed E-state index contributed by atoms with van der Waals surface area (Å²) in [7, 11) is 4.82. The Morgan fingerprint density at radius 1 is 1.17 bits per heavy atom. The van der Waals surface area contributed by atoms with Crippen LogP contribution in [-0.2, 0) is 11.3 Å². The van der Waals surface area contributed by atoms with E-state index in [-0.39, 0.29) is 11.5 Å². The molecule has 2 heterocycles. The number of fused-ring (bicyclic) bond motifs is 2. The zero-order valence-electron chi connectivity index (χ0n) is 17.6. The second kappa shape index (κ2) is 8.38. The molecular weight excluding hydrogens is 386 g/mol. The van der Waals surface area contributed by atoms with Crippen LogP contribution in [0.5, 0.6) is 23.0 Å². The highest BCUT2D eigenvalue weighted by Gasteiger charge is 2.33. The zero-order valence-corrected chi connectivity index (χ0v) is 17.6. The topological polar surface area (TPSA) is 66.5 Å². The first kappa shape index (κ1) is 20.3. The van der Waals surface area contributed by atoms with Gasteiger partial charge in [-0.3, -0.25) is 9.69 Å². The molecule has 7 nitrogen and oxygen atoms in total. The van der Waals surface area contributed by atoms with Crippen LogP contribution < -0.4 is 18.9 Å². The lowest BCUT2D eigenvalue weighted by Crippen LogP contribution is -2.34. The number of ketones is 1. The van der Waals surface area contributed by atoms with Gasteiger partial charge in [-0.25, -0.2) is 0 Å². The van der Waals surface area contributed by atoms with Crippen molar-refractivity contribution < 1.29 is 28.5 Å². The number of rotatable bonds is 6. The Kier molecular flexibility index (Phi) is 5.65. The molecule has 0 amide bonds. The SMILES string of the molecule is COCCN1COc2c(cc3c(c2C)O/C(=C\c2cccc(OC)c2OC)C3=O)C1. The Hall–Kier alpha value is -3.03. The van der Waals surface area contributed by atoms with Crippen LogP contribution in [0, 0.1) is 6.92 Å². The van der Waals surface area contributed by atoms with Crippen molar-refractivity contribution in [3.05, 3.63) is 52.3 Å². The fourth-order valence-corrected chi connectivity index (χ4v) is 3.83. The molecule has 7 heteroatoms. The first-order valence-electron chi connectivity index (χ1n) is 9.73. The van der Waals surface area contributed by atoms with Crippen LogP contribution in [0.1, 0.15) is 27.0 Å². The van der Waals surface area contributed by atoms with Crippen molar-refractivity contribution in [1.29, 1.82) is 0 Å². The molecule has 30 heavy (non-hydrogen) atoms. The molecule has 0 saturated carbocycles. The van der Waals surface area contributed by atoms with E-state index in [1.165, 1.54) is 0 Å². The van der Waals surface area contributed by atoms with Crippen LogP contribution in [0.25, 0.3) is 6.08 Å². The molecule has 0 bridgehead atoms. The maximum absolute atomic E-state index is 13.1. The molecule has 0 aliphatic carbocycles. The first-order valence-corrected chi connectivity index (χ1v) is 9.73. The van der Waals surface area contributed by atoms with Gasteiger partial charge < -0.3 is 23.7 Å². The normalized spacial score (nSPS) is 16.7. The maximum atomic E-state index is 13.1. The number of hydrogen-bond donors (Lipinski definition) is 0. The summed E-state index contributed by atoms with van der Waals surface area (Å²) in [6, 6.07) is 7.37. The number of Topliss-reactive ketones (excluding diaryl/α,β-unsaturated/α-hetero) is 1. The third kappa shape index (κ3) is 3.51. The van der Waals surface area contributed by atoms with E-state index < -0.39 is 0 Å². The van der Waals surface area contributed by atoms with E-state index in [0.29, 0.717) is 48.3 Å². The van der Waals surface area contributed by atoms with Crippen LogP contribution in [-0.4, -0.2) is 51.9 Å². The Bertz CT molecular complexity index is 1010. The van der Waals surface area contributed by atoms with Crippen molar-refractivity contribution in [3.63, 3.8) is 0 Å². The van der Waals surface area contributed by atoms with Gasteiger partial charge in [0, 0.05) is 36.9 Å². The average Bonchev–Trinajstić information content (AvgIpc) is 3.07. The number of hydrogen-bond acceptors (Lipinski definition) is 7. The van der Waals surface area contributed by atoms with Gasteiger partial charge in [0.05, 0.1) is 26.4 Å². The predicted octanol–water partition coefficient (Wildman–Crippen LogP) is 3.43. The zero-order chi connectivity index (χ0) is 21.3. The van der Waals surface area contributed by atoms with Crippen LogP contribution in [0.15, 0.2) is 30.0 Å². The minimum absolute atomic E-state index is 0.158. The average molecular weight is 411 g/mol. The van der Waals surface area contributed by atoms with Crippen molar-refractivity contribution in [2.24, 2.45) is 0 Å². The lowest BCUT2D eigenvalue weighted by atomic mass is 10.00. The van der Waals surface area contributed by atoms with Crippen LogP contribution in [0.4, 0.5) is 0 Å². The largest absolute Gasteiger partial charge is 0.493 e. The third-order valence-electron chi connectivity index (χ3n) is 5.33. The van der Waals surface area contributed by atoms with E-state index >= 15 is 0 Å². The highest BCUT2D eigenvalue weighted by Crippen LogP contribution is 2.43. The van der Waals surface area contributed by atoms with Crippen LogP contribution >= 0.6 is 0 Å². The van der Waals surface area contributed by atoms with Crippen molar-refractivity contribution in [2.45, 2.75) is 13.5 Å². The number of carbonyl (C=O) groups is 1. The second-order valence-corrected chi connectivity index (χ2v) is 7.21. The lowest BCUT2D eigenvalue weighted by Gasteiger charge is -2.30. The van der Waals surface area contributed by atoms with Gasteiger partial charge in [0.1, 0.15) is 18.2 Å². The molecule has 4 rings (SSSR count). The molecule has 158 valence electrons. The van der Waals surface area contributed by atoms with E-state index in [9.17, 15) is 4.79 Å². The Labute approximate surface area is 175 Å². The smallest absolute Gasteiger partial charge is 0.231 e. The fourth-order valence-electron chi connectivity index (χ4n) is 3.83. The van der Waals surface area contributed by atoms with Gasteiger partial charge in [0.2, 0.25) is 5.78 Å². The second-order valence-electron chi connectivity index (χ2n) is 7.21. The molecule has 0 atom stereocenters. The molecule has 2 aliphatic rings. The number of benzene rings is 2. The number of allylic oxidation sites excluding steroid dienone is 1. The molecule has 0 spiro atoms. The van der Waals surface area contributed by atoms with Gasteiger partial charge in [-0.1, -0.05) is 12.1 Å². The van der Waals surface area contributed by atoms with Gasteiger partial charge in [0.25, 0.3) is 0 Å². The number of para-hydroxylation sites is 1. The molecular formula is C23H25NO6. The van der Waals surface area contributed by atoms with Gasteiger partial charge in [-0.05, 0) is 25.1 Å². The quantitative estimate of drug-likeness (QED) is 0.675. The molecule has 0 radical (unpaired) electrons. The monoisotopic (exact) mass is 411 g/mol. The van der Waals surface area contributed by atoms with Gasteiger partial charge >= 0.3 is 0 Å². The molecule has 0 N–H and O–H groups in total. The summed E-state index contributed by atoms with van der Waals surface area (Å²) < 4.78 is 27.9.